The Morgan fingerprint density at radius 1 is 0.935 bits per heavy atom. The Bertz CT molecular complexity index is 1440. The van der Waals surface area contributed by atoms with Gasteiger partial charge >= 0.3 is 5.69 Å². The molecule has 0 amide bonds. The Labute approximate surface area is 179 Å². The molecule has 1 aliphatic heterocycles. The summed E-state index contributed by atoms with van der Waals surface area (Å²) in [5, 5.41) is 0.562. The van der Waals surface area contributed by atoms with Crippen molar-refractivity contribution in [2.24, 2.45) is 14.1 Å². The fourth-order valence-corrected chi connectivity index (χ4v) is 4.68. The van der Waals surface area contributed by atoms with Crippen molar-refractivity contribution < 1.29 is 4.74 Å². The molecular weight excluding hydrogens is 390 g/mol. The van der Waals surface area contributed by atoms with E-state index in [9.17, 15) is 9.59 Å². The summed E-state index contributed by atoms with van der Waals surface area (Å²) in [6.07, 6.45) is -0.354. The molecule has 1 unspecified atom stereocenters. The molecule has 0 saturated heterocycles. The van der Waals surface area contributed by atoms with Crippen molar-refractivity contribution in [3.8, 4) is 11.3 Å². The summed E-state index contributed by atoms with van der Waals surface area (Å²) in [6.45, 7) is 5.24. The molecule has 6 heteroatoms. The maximum Gasteiger partial charge on any atom is 0.331 e. The minimum Gasteiger partial charge on any atom is -0.365 e. The predicted octanol–water partition coefficient (Wildman–Crippen LogP) is 3.44. The number of ether oxygens (including phenoxy) is 1. The molecule has 1 atom stereocenters. The zero-order chi connectivity index (χ0) is 21.9. The smallest absolute Gasteiger partial charge is 0.331 e. The van der Waals surface area contributed by atoms with Gasteiger partial charge < -0.3 is 9.30 Å². The standard InChI is InChI=1S/C25H25N3O3/c1-15-8-10-17(11-9-15)20-19-21(26(3)25(30)27(4)24(19)29)22-23(31-13-12-28(20)22)18-7-5-6-16(2)14-18/h5-11,14,23H,12-13H2,1-4H3. The molecule has 2 aromatic heterocycles. The highest BCUT2D eigenvalue weighted by atomic mass is 16.5. The Balaban J connectivity index is 1.94. The van der Waals surface area contributed by atoms with Gasteiger partial charge in [0, 0.05) is 20.6 Å². The molecule has 2 aromatic carbocycles. The fraction of sp³-hybridized carbons (Fsp3) is 0.280. The summed E-state index contributed by atoms with van der Waals surface area (Å²) < 4.78 is 11.2. The van der Waals surface area contributed by atoms with Crippen LogP contribution in [0.3, 0.4) is 0 Å². The third-order valence-electron chi connectivity index (χ3n) is 6.22. The van der Waals surface area contributed by atoms with Crippen LogP contribution in [0.1, 0.15) is 28.5 Å². The zero-order valence-corrected chi connectivity index (χ0v) is 18.2. The Hall–Kier alpha value is -3.38. The Morgan fingerprint density at radius 2 is 1.68 bits per heavy atom. The van der Waals surface area contributed by atoms with Gasteiger partial charge in [0.05, 0.1) is 28.9 Å². The first kappa shape index (κ1) is 19.6. The second-order valence-corrected chi connectivity index (χ2v) is 8.35. The quantitative estimate of drug-likeness (QED) is 0.504. The van der Waals surface area contributed by atoms with Gasteiger partial charge in [0.2, 0.25) is 0 Å². The summed E-state index contributed by atoms with van der Waals surface area (Å²) in [4.78, 5) is 26.2. The van der Waals surface area contributed by atoms with Crippen molar-refractivity contribution in [1.29, 1.82) is 0 Å². The van der Waals surface area contributed by atoms with Gasteiger partial charge in [0.25, 0.3) is 5.56 Å². The van der Waals surface area contributed by atoms with E-state index in [4.69, 9.17) is 4.74 Å². The first-order valence-electron chi connectivity index (χ1n) is 10.5. The van der Waals surface area contributed by atoms with Gasteiger partial charge in [-0.15, -0.1) is 0 Å². The summed E-state index contributed by atoms with van der Waals surface area (Å²) in [7, 11) is 3.26. The van der Waals surface area contributed by atoms with Crippen LogP contribution >= 0.6 is 0 Å². The van der Waals surface area contributed by atoms with Crippen LogP contribution in [0.25, 0.3) is 22.2 Å². The van der Waals surface area contributed by atoms with E-state index < -0.39 is 0 Å². The van der Waals surface area contributed by atoms with Crippen molar-refractivity contribution in [2.45, 2.75) is 26.5 Å². The van der Waals surface area contributed by atoms with Crippen LogP contribution in [-0.2, 0) is 25.4 Å². The van der Waals surface area contributed by atoms with Crippen LogP contribution in [0, 0.1) is 13.8 Å². The van der Waals surface area contributed by atoms with E-state index in [0.717, 1.165) is 33.6 Å². The molecule has 3 heterocycles. The Morgan fingerprint density at radius 3 is 2.39 bits per heavy atom. The monoisotopic (exact) mass is 415 g/mol. The van der Waals surface area contributed by atoms with Crippen molar-refractivity contribution in [1.82, 2.24) is 13.7 Å². The van der Waals surface area contributed by atoms with Crippen LogP contribution in [0.5, 0.6) is 0 Å². The fourth-order valence-electron chi connectivity index (χ4n) is 4.68. The summed E-state index contributed by atoms with van der Waals surface area (Å²) in [5.41, 5.74) is 6.01. The lowest BCUT2D eigenvalue weighted by molar-refractivity contribution is 0.0478. The number of hydrogen-bond acceptors (Lipinski definition) is 3. The lowest BCUT2D eigenvalue weighted by Crippen LogP contribution is -2.37. The van der Waals surface area contributed by atoms with Crippen LogP contribution in [0.4, 0.5) is 0 Å². The lowest BCUT2D eigenvalue weighted by atomic mass is 10.0. The number of fused-ring (bicyclic) bond motifs is 3. The van der Waals surface area contributed by atoms with Gasteiger partial charge in [0.1, 0.15) is 6.10 Å². The number of benzene rings is 2. The van der Waals surface area contributed by atoms with E-state index >= 15 is 0 Å². The van der Waals surface area contributed by atoms with Crippen molar-refractivity contribution >= 4 is 10.9 Å². The molecule has 4 aromatic rings. The largest absolute Gasteiger partial charge is 0.365 e. The average Bonchev–Trinajstić information content (AvgIpc) is 3.12. The molecule has 0 saturated carbocycles. The first-order valence-corrected chi connectivity index (χ1v) is 10.5. The van der Waals surface area contributed by atoms with Crippen LogP contribution < -0.4 is 11.2 Å². The third-order valence-corrected chi connectivity index (χ3v) is 6.22. The maximum atomic E-state index is 13.4. The summed E-state index contributed by atoms with van der Waals surface area (Å²) in [5.74, 6) is 0. The number of aryl methyl sites for hydroxylation is 3. The number of hydrogen-bond donors (Lipinski definition) is 0. The van der Waals surface area contributed by atoms with E-state index in [2.05, 4.69) is 10.6 Å². The highest BCUT2D eigenvalue weighted by Crippen LogP contribution is 2.40. The first-order chi connectivity index (χ1) is 14.9. The lowest BCUT2D eigenvalue weighted by Gasteiger charge is -2.28. The second-order valence-electron chi connectivity index (χ2n) is 8.35. The normalized spacial score (nSPS) is 15.9. The van der Waals surface area contributed by atoms with Gasteiger partial charge in [-0.2, -0.15) is 0 Å². The van der Waals surface area contributed by atoms with Gasteiger partial charge in [-0.25, -0.2) is 4.79 Å². The molecule has 31 heavy (non-hydrogen) atoms. The van der Waals surface area contributed by atoms with Crippen molar-refractivity contribution in [3.63, 3.8) is 0 Å². The van der Waals surface area contributed by atoms with Gasteiger partial charge in [-0.3, -0.25) is 13.9 Å². The summed E-state index contributed by atoms with van der Waals surface area (Å²) in [6, 6.07) is 16.4. The SMILES string of the molecule is Cc1ccc(-c2c3c(=O)n(C)c(=O)n(C)c3c3n2CCOC3c2cccc(C)c2)cc1. The third kappa shape index (κ3) is 2.90. The second kappa shape index (κ2) is 7.10. The maximum absolute atomic E-state index is 13.4. The highest BCUT2D eigenvalue weighted by Gasteiger charge is 2.33. The van der Waals surface area contributed by atoms with E-state index in [1.807, 2.05) is 56.3 Å². The molecule has 158 valence electrons. The van der Waals surface area contributed by atoms with Gasteiger partial charge in [-0.1, -0.05) is 59.7 Å². The molecule has 0 aliphatic carbocycles. The van der Waals surface area contributed by atoms with Crippen LogP contribution in [0.15, 0.2) is 58.1 Å². The van der Waals surface area contributed by atoms with Crippen LogP contribution in [-0.4, -0.2) is 20.3 Å². The molecule has 0 N–H and O–H groups in total. The van der Waals surface area contributed by atoms with E-state index in [1.54, 1.807) is 11.6 Å². The molecule has 5 rings (SSSR count). The van der Waals surface area contributed by atoms with Crippen molar-refractivity contribution in [3.05, 3.63) is 91.8 Å². The zero-order valence-electron chi connectivity index (χ0n) is 18.2. The minimum atomic E-state index is -0.354. The van der Waals surface area contributed by atoms with E-state index in [-0.39, 0.29) is 17.4 Å². The number of aromatic nitrogens is 3. The molecule has 0 radical (unpaired) electrons. The topological polar surface area (TPSA) is 58.2 Å². The number of nitrogens with zero attached hydrogens (tertiary/aromatic N) is 3. The minimum absolute atomic E-state index is 0.279. The molecule has 0 fully saturated rings. The molecule has 0 bridgehead atoms. The summed E-state index contributed by atoms with van der Waals surface area (Å²) >= 11 is 0. The molecule has 1 aliphatic rings. The Kier molecular flexibility index (Phi) is 4.48. The van der Waals surface area contributed by atoms with Crippen molar-refractivity contribution in [2.75, 3.05) is 6.61 Å². The van der Waals surface area contributed by atoms with Gasteiger partial charge in [-0.05, 0) is 25.0 Å². The predicted molar refractivity (Wildman–Crippen MR) is 122 cm³/mol. The highest BCUT2D eigenvalue weighted by molar-refractivity contribution is 5.96. The molecule has 0 spiro atoms. The molecular formula is C25H25N3O3. The van der Waals surface area contributed by atoms with E-state index in [1.165, 1.54) is 11.6 Å². The average molecular weight is 415 g/mol. The van der Waals surface area contributed by atoms with E-state index in [0.29, 0.717) is 24.1 Å². The van der Waals surface area contributed by atoms with Crippen LogP contribution in [0.2, 0.25) is 0 Å². The molecule has 6 nitrogen and oxygen atoms in total. The number of rotatable bonds is 2. The van der Waals surface area contributed by atoms with Gasteiger partial charge in [0.15, 0.2) is 0 Å².